The maximum atomic E-state index is 12.3. The first kappa shape index (κ1) is 13.9. The van der Waals surface area contributed by atoms with E-state index in [1.165, 1.54) is 0 Å². The van der Waals surface area contributed by atoms with E-state index in [4.69, 9.17) is 16.3 Å². The second kappa shape index (κ2) is 5.66. The van der Waals surface area contributed by atoms with Crippen LogP contribution in [0.1, 0.15) is 17.5 Å². The Balaban J connectivity index is 2.81. The van der Waals surface area contributed by atoms with Crippen molar-refractivity contribution in [1.29, 1.82) is 0 Å². The SMILES string of the molecule is COc1cc(C)cc2cc(C)c(=O)n(CCCCl)c12. The van der Waals surface area contributed by atoms with Crippen molar-refractivity contribution in [2.24, 2.45) is 0 Å². The molecule has 0 spiro atoms. The number of halogens is 1. The molecular formula is C15H18ClNO2. The summed E-state index contributed by atoms with van der Waals surface area (Å²) in [6, 6.07) is 5.94. The molecule has 2 aromatic rings. The molecule has 2 rings (SSSR count). The van der Waals surface area contributed by atoms with Gasteiger partial charge in [-0.3, -0.25) is 4.79 Å². The highest BCUT2D eigenvalue weighted by atomic mass is 35.5. The zero-order valence-corrected chi connectivity index (χ0v) is 12.3. The van der Waals surface area contributed by atoms with Gasteiger partial charge in [0.1, 0.15) is 5.75 Å². The Morgan fingerprint density at radius 3 is 2.63 bits per heavy atom. The fraction of sp³-hybridized carbons (Fsp3) is 0.400. The van der Waals surface area contributed by atoms with Crippen LogP contribution in [-0.4, -0.2) is 17.6 Å². The molecule has 0 fully saturated rings. The summed E-state index contributed by atoms with van der Waals surface area (Å²) < 4.78 is 7.20. The van der Waals surface area contributed by atoms with Crippen LogP contribution >= 0.6 is 11.6 Å². The highest BCUT2D eigenvalue weighted by molar-refractivity contribution is 6.17. The average molecular weight is 280 g/mol. The number of hydrogen-bond acceptors (Lipinski definition) is 2. The van der Waals surface area contributed by atoms with E-state index in [0.29, 0.717) is 12.4 Å². The minimum absolute atomic E-state index is 0.0276. The van der Waals surface area contributed by atoms with Crippen molar-refractivity contribution in [1.82, 2.24) is 4.57 Å². The first-order valence-electron chi connectivity index (χ1n) is 6.33. The van der Waals surface area contributed by atoms with Crippen LogP contribution in [0.25, 0.3) is 10.9 Å². The molecule has 0 saturated heterocycles. The van der Waals surface area contributed by atoms with E-state index in [2.05, 4.69) is 6.07 Å². The summed E-state index contributed by atoms with van der Waals surface area (Å²) in [4.78, 5) is 12.3. The lowest BCUT2D eigenvalue weighted by Gasteiger charge is -2.15. The average Bonchev–Trinajstić information content (AvgIpc) is 2.38. The highest BCUT2D eigenvalue weighted by Gasteiger charge is 2.11. The van der Waals surface area contributed by atoms with Gasteiger partial charge in [0.05, 0.1) is 12.6 Å². The van der Waals surface area contributed by atoms with Crippen molar-refractivity contribution in [3.63, 3.8) is 0 Å². The summed E-state index contributed by atoms with van der Waals surface area (Å²) in [7, 11) is 1.63. The molecule has 0 radical (unpaired) electrons. The molecule has 0 bridgehead atoms. The van der Waals surface area contributed by atoms with Gasteiger partial charge in [-0.25, -0.2) is 0 Å². The van der Waals surface area contributed by atoms with E-state index < -0.39 is 0 Å². The number of methoxy groups -OCH3 is 1. The van der Waals surface area contributed by atoms with E-state index in [9.17, 15) is 4.79 Å². The summed E-state index contributed by atoms with van der Waals surface area (Å²) in [6.45, 7) is 4.47. The summed E-state index contributed by atoms with van der Waals surface area (Å²) in [5.74, 6) is 1.28. The van der Waals surface area contributed by atoms with Crippen molar-refractivity contribution in [3.8, 4) is 5.75 Å². The van der Waals surface area contributed by atoms with E-state index in [1.54, 1.807) is 11.7 Å². The minimum Gasteiger partial charge on any atom is -0.495 e. The molecule has 0 saturated carbocycles. The van der Waals surface area contributed by atoms with E-state index in [1.807, 2.05) is 26.0 Å². The maximum Gasteiger partial charge on any atom is 0.254 e. The Morgan fingerprint density at radius 1 is 1.26 bits per heavy atom. The summed E-state index contributed by atoms with van der Waals surface area (Å²) in [5.41, 5.74) is 2.75. The topological polar surface area (TPSA) is 31.2 Å². The molecule has 19 heavy (non-hydrogen) atoms. The largest absolute Gasteiger partial charge is 0.495 e. The number of fused-ring (bicyclic) bond motifs is 1. The third-order valence-corrected chi connectivity index (χ3v) is 3.48. The van der Waals surface area contributed by atoms with Gasteiger partial charge in [0.25, 0.3) is 5.56 Å². The maximum absolute atomic E-state index is 12.3. The summed E-state index contributed by atoms with van der Waals surface area (Å²) in [5, 5.41) is 1.03. The Kier molecular flexibility index (Phi) is 4.15. The van der Waals surface area contributed by atoms with Crippen LogP contribution < -0.4 is 10.3 Å². The normalized spacial score (nSPS) is 10.9. The third-order valence-electron chi connectivity index (χ3n) is 3.21. The molecule has 0 amide bonds. The van der Waals surface area contributed by atoms with Gasteiger partial charge in [-0.15, -0.1) is 11.6 Å². The number of rotatable bonds is 4. The predicted octanol–water partition coefficient (Wildman–Crippen LogP) is 3.26. The zero-order valence-electron chi connectivity index (χ0n) is 11.5. The van der Waals surface area contributed by atoms with Gasteiger partial charge < -0.3 is 9.30 Å². The van der Waals surface area contributed by atoms with Crippen molar-refractivity contribution in [2.75, 3.05) is 13.0 Å². The van der Waals surface area contributed by atoms with Gasteiger partial charge >= 0.3 is 0 Å². The van der Waals surface area contributed by atoms with E-state index in [0.717, 1.165) is 34.2 Å². The van der Waals surface area contributed by atoms with Gasteiger partial charge in [-0.2, -0.15) is 0 Å². The number of aromatic nitrogens is 1. The van der Waals surface area contributed by atoms with E-state index >= 15 is 0 Å². The fourth-order valence-corrected chi connectivity index (χ4v) is 2.49. The second-order valence-electron chi connectivity index (χ2n) is 4.73. The molecular weight excluding hydrogens is 262 g/mol. The van der Waals surface area contributed by atoms with Crippen LogP contribution in [-0.2, 0) is 6.54 Å². The van der Waals surface area contributed by atoms with Crippen molar-refractivity contribution in [2.45, 2.75) is 26.8 Å². The monoisotopic (exact) mass is 279 g/mol. The molecule has 3 nitrogen and oxygen atoms in total. The van der Waals surface area contributed by atoms with Crippen LogP contribution in [0.15, 0.2) is 23.0 Å². The lowest BCUT2D eigenvalue weighted by Crippen LogP contribution is -2.23. The molecule has 0 aliphatic rings. The van der Waals surface area contributed by atoms with Crippen molar-refractivity contribution in [3.05, 3.63) is 39.7 Å². The first-order chi connectivity index (χ1) is 9.08. The standard InChI is InChI=1S/C15H18ClNO2/c1-10-7-12-9-11(2)15(18)17(6-4-5-16)14(12)13(8-10)19-3/h7-9H,4-6H2,1-3H3. The predicted molar refractivity (Wildman–Crippen MR) is 79.6 cm³/mol. The fourth-order valence-electron chi connectivity index (χ4n) is 2.37. The minimum atomic E-state index is 0.0276. The Hall–Kier alpha value is -1.48. The number of nitrogens with zero attached hydrogens (tertiary/aromatic N) is 1. The van der Waals surface area contributed by atoms with Gasteiger partial charge in [-0.1, -0.05) is 0 Å². The number of aryl methyl sites for hydroxylation is 3. The molecule has 0 aliphatic heterocycles. The van der Waals surface area contributed by atoms with Gasteiger partial charge in [0.2, 0.25) is 0 Å². The Morgan fingerprint density at radius 2 is 2.00 bits per heavy atom. The molecule has 0 atom stereocenters. The zero-order chi connectivity index (χ0) is 14.0. The quantitative estimate of drug-likeness (QED) is 0.805. The molecule has 1 aromatic carbocycles. The number of alkyl halides is 1. The van der Waals surface area contributed by atoms with Crippen LogP contribution in [0.3, 0.4) is 0 Å². The molecule has 4 heteroatoms. The molecule has 1 aromatic heterocycles. The number of hydrogen-bond donors (Lipinski definition) is 0. The second-order valence-corrected chi connectivity index (χ2v) is 5.11. The van der Waals surface area contributed by atoms with Crippen LogP contribution in [0, 0.1) is 13.8 Å². The number of benzene rings is 1. The van der Waals surface area contributed by atoms with E-state index in [-0.39, 0.29) is 5.56 Å². The lowest BCUT2D eigenvalue weighted by molar-refractivity contribution is 0.416. The van der Waals surface area contributed by atoms with Gasteiger partial charge in [0.15, 0.2) is 0 Å². The molecule has 0 aliphatic carbocycles. The van der Waals surface area contributed by atoms with Gasteiger partial charge in [0, 0.05) is 23.4 Å². The molecule has 0 unspecified atom stereocenters. The molecule has 0 N–H and O–H groups in total. The Bertz CT molecular complexity index is 661. The summed E-state index contributed by atoms with van der Waals surface area (Å²) >= 11 is 5.75. The van der Waals surface area contributed by atoms with Crippen LogP contribution in [0.5, 0.6) is 5.75 Å². The summed E-state index contributed by atoms with van der Waals surface area (Å²) in [6.07, 6.45) is 0.761. The number of ether oxygens (including phenoxy) is 1. The van der Waals surface area contributed by atoms with Crippen LogP contribution in [0.4, 0.5) is 0 Å². The number of pyridine rings is 1. The smallest absolute Gasteiger partial charge is 0.254 e. The molecule has 1 heterocycles. The Labute approximate surface area is 117 Å². The highest BCUT2D eigenvalue weighted by Crippen LogP contribution is 2.27. The molecule has 102 valence electrons. The third kappa shape index (κ3) is 2.61. The van der Waals surface area contributed by atoms with Crippen molar-refractivity contribution >= 4 is 22.5 Å². The first-order valence-corrected chi connectivity index (χ1v) is 6.86. The lowest BCUT2D eigenvalue weighted by atomic mass is 10.1. The van der Waals surface area contributed by atoms with Crippen LogP contribution in [0.2, 0.25) is 0 Å². The van der Waals surface area contributed by atoms with Crippen molar-refractivity contribution < 1.29 is 4.74 Å². The van der Waals surface area contributed by atoms with Gasteiger partial charge in [-0.05, 0) is 44.0 Å².